The van der Waals surface area contributed by atoms with Crippen molar-refractivity contribution < 1.29 is 14.3 Å². The van der Waals surface area contributed by atoms with E-state index in [0.717, 1.165) is 66.3 Å². The van der Waals surface area contributed by atoms with Crippen LogP contribution in [-0.2, 0) is 28.9 Å². The van der Waals surface area contributed by atoms with Gasteiger partial charge < -0.3 is 15.0 Å². The maximum absolute atomic E-state index is 12.9. The van der Waals surface area contributed by atoms with Gasteiger partial charge in [-0.05, 0) is 69.4 Å². The fourth-order valence-electron chi connectivity index (χ4n) is 4.58. The van der Waals surface area contributed by atoms with Gasteiger partial charge in [-0.15, -0.1) is 28.1 Å². The van der Waals surface area contributed by atoms with Crippen LogP contribution in [0.15, 0.2) is 42.1 Å². The predicted octanol–water partition coefficient (Wildman–Crippen LogP) is 5.44. The Kier molecular flexibility index (Phi) is 9.04. The van der Waals surface area contributed by atoms with Gasteiger partial charge >= 0.3 is 5.97 Å². The summed E-state index contributed by atoms with van der Waals surface area (Å²) >= 11 is 2.79. The molecule has 196 valence electrons. The Hall–Kier alpha value is -3.11. The number of hydrogen-bond donors (Lipinski definition) is 1. The fourth-order valence-corrected chi connectivity index (χ4v) is 6.62. The van der Waals surface area contributed by atoms with Gasteiger partial charge in [0.2, 0.25) is 5.91 Å². The number of fused-ring (bicyclic) bond motifs is 1. The molecule has 0 spiro atoms. The van der Waals surface area contributed by atoms with Crippen LogP contribution in [0.5, 0.6) is 0 Å². The van der Waals surface area contributed by atoms with Crippen molar-refractivity contribution in [3.8, 4) is 11.4 Å². The number of anilines is 2. The smallest absolute Gasteiger partial charge is 0.341 e. The Labute approximate surface area is 226 Å². The average molecular weight is 540 g/mol. The summed E-state index contributed by atoms with van der Waals surface area (Å²) in [6.07, 6.45) is 5.69. The Bertz CT molecular complexity index is 1260. The van der Waals surface area contributed by atoms with E-state index in [1.54, 1.807) is 6.08 Å². The lowest BCUT2D eigenvalue weighted by molar-refractivity contribution is -0.113. The van der Waals surface area contributed by atoms with Crippen LogP contribution < -0.4 is 10.2 Å². The molecule has 1 aliphatic rings. The molecule has 1 aromatic carbocycles. The zero-order chi connectivity index (χ0) is 26.4. The molecule has 0 atom stereocenters. The highest BCUT2D eigenvalue weighted by Gasteiger charge is 2.27. The number of nitrogens with one attached hydrogen (secondary N) is 1. The number of nitrogens with zero attached hydrogens (tertiary/aromatic N) is 4. The second-order valence-electron chi connectivity index (χ2n) is 8.67. The van der Waals surface area contributed by atoms with Crippen LogP contribution in [0.2, 0.25) is 0 Å². The number of carbonyl (C=O) groups is 2. The number of ether oxygens (including phenoxy) is 1. The van der Waals surface area contributed by atoms with Crippen LogP contribution in [0.1, 0.15) is 47.5 Å². The highest BCUT2D eigenvalue weighted by Crippen LogP contribution is 2.38. The molecule has 0 aliphatic heterocycles. The number of thiophene rings is 1. The van der Waals surface area contributed by atoms with Gasteiger partial charge in [0.1, 0.15) is 5.00 Å². The summed E-state index contributed by atoms with van der Waals surface area (Å²) in [5.74, 6) is 0.267. The molecule has 2 aromatic heterocycles. The zero-order valence-electron chi connectivity index (χ0n) is 21.6. The number of amides is 1. The molecule has 2 heterocycles. The lowest BCUT2D eigenvalue weighted by Crippen LogP contribution is -2.21. The number of aromatic nitrogens is 3. The van der Waals surface area contributed by atoms with E-state index < -0.39 is 5.97 Å². The van der Waals surface area contributed by atoms with E-state index in [4.69, 9.17) is 4.74 Å². The summed E-state index contributed by atoms with van der Waals surface area (Å²) in [6, 6.07) is 8.28. The number of hydrogen-bond acceptors (Lipinski definition) is 8. The van der Waals surface area contributed by atoms with E-state index in [0.29, 0.717) is 22.3 Å². The quantitative estimate of drug-likeness (QED) is 0.197. The average Bonchev–Trinajstić information content (AvgIpc) is 3.49. The minimum Gasteiger partial charge on any atom is -0.465 e. The highest BCUT2D eigenvalue weighted by atomic mass is 32.2. The van der Waals surface area contributed by atoms with Gasteiger partial charge in [0, 0.05) is 35.8 Å². The van der Waals surface area contributed by atoms with Crippen LogP contribution in [0, 0.1) is 0 Å². The summed E-state index contributed by atoms with van der Waals surface area (Å²) in [7, 11) is 1.37. The number of methoxy groups -OCH3 is 1. The van der Waals surface area contributed by atoms with Crippen molar-refractivity contribution in [3.05, 3.63) is 52.9 Å². The van der Waals surface area contributed by atoms with E-state index in [2.05, 4.69) is 53.0 Å². The summed E-state index contributed by atoms with van der Waals surface area (Å²) in [6.45, 7) is 10.6. The first-order valence-corrected chi connectivity index (χ1v) is 14.4. The third-order valence-corrected chi connectivity index (χ3v) is 8.60. The molecular formula is C27H33N5O3S2. The van der Waals surface area contributed by atoms with Gasteiger partial charge in [-0.2, -0.15) is 0 Å². The van der Waals surface area contributed by atoms with Crippen molar-refractivity contribution in [2.24, 2.45) is 0 Å². The van der Waals surface area contributed by atoms with Crippen molar-refractivity contribution in [2.75, 3.05) is 36.2 Å². The zero-order valence-corrected chi connectivity index (χ0v) is 23.2. The summed E-state index contributed by atoms with van der Waals surface area (Å²) in [4.78, 5) is 28.8. The van der Waals surface area contributed by atoms with Gasteiger partial charge in [-0.25, -0.2) is 4.79 Å². The number of aryl methyl sites for hydroxylation is 1. The molecular weight excluding hydrogens is 506 g/mol. The van der Waals surface area contributed by atoms with Gasteiger partial charge in [0.05, 0.1) is 18.4 Å². The van der Waals surface area contributed by atoms with Gasteiger partial charge in [-0.3, -0.25) is 9.36 Å². The van der Waals surface area contributed by atoms with Crippen molar-refractivity contribution in [1.82, 2.24) is 14.8 Å². The van der Waals surface area contributed by atoms with Gasteiger partial charge in [-0.1, -0.05) is 17.8 Å². The molecule has 37 heavy (non-hydrogen) atoms. The Morgan fingerprint density at radius 1 is 1.19 bits per heavy atom. The molecule has 1 amide bonds. The summed E-state index contributed by atoms with van der Waals surface area (Å²) < 4.78 is 6.97. The van der Waals surface area contributed by atoms with Crippen molar-refractivity contribution in [1.29, 1.82) is 0 Å². The Balaban J connectivity index is 1.48. The van der Waals surface area contributed by atoms with Crippen molar-refractivity contribution >= 4 is 45.7 Å². The normalized spacial score (nSPS) is 12.6. The number of allylic oxidation sites excluding steroid dienone is 1. The molecule has 1 N–H and O–H groups in total. The van der Waals surface area contributed by atoms with E-state index in [-0.39, 0.29) is 11.7 Å². The standard InChI is InChI=1S/C27H33N5O3S2/c1-5-16-32-24(18-12-14-19(15-13-18)31(6-2)7-3)29-30-27(32)36-17-22(33)28-25-23(26(34)35-4)20-10-8-9-11-21(20)37-25/h5,12-15H,1,6-11,16-17H2,2-4H3,(H,28,33). The van der Waals surface area contributed by atoms with Crippen molar-refractivity contribution in [2.45, 2.75) is 51.2 Å². The Morgan fingerprint density at radius 3 is 2.59 bits per heavy atom. The van der Waals surface area contributed by atoms with E-state index in [1.165, 1.54) is 30.2 Å². The molecule has 0 bridgehead atoms. The lowest BCUT2D eigenvalue weighted by Gasteiger charge is -2.21. The molecule has 8 nitrogen and oxygen atoms in total. The molecule has 10 heteroatoms. The second-order valence-corrected chi connectivity index (χ2v) is 10.7. The first-order chi connectivity index (χ1) is 18.0. The maximum atomic E-state index is 12.9. The number of esters is 1. The number of carbonyl (C=O) groups excluding carboxylic acids is 2. The SMILES string of the molecule is C=CCn1c(SCC(=O)Nc2sc3c(c2C(=O)OC)CCCC3)nnc1-c1ccc(N(CC)CC)cc1. The summed E-state index contributed by atoms with van der Waals surface area (Å²) in [5.41, 5.74) is 3.64. The number of rotatable bonds is 11. The van der Waals surface area contributed by atoms with E-state index in [9.17, 15) is 9.59 Å². The predicted molar refractivity (Wildman–Crippen MR) is 151 cm³/mol. The topological polar surface area (TPSA) is 89.3 Å². The van der Waals surface area contributed by atoms with Gasteiger partial charge in [0.25, 0.3) is 0 Å². The van der Waals surface area contributed by atoms with Crippen molar-refractivity contribution in [3.63, 3.8) is 0 Å². The van der Waals surface area contributed by atoms with E-state index >= 15 is 0 Å². The van der Waals surface area contributed by atoms with Crippen LogP contribution in [0.25, 0.3) is 11.4 Å². The van der Waals surface area contributed by atoms with Crippen LogP contribution >= 0.6 is 23.1 Å². The third-order valence-electron chi connectivity index (χ3n) is 6.43. The van der Waals surface area contributed by atoms with Gasteiger partial charge in [0.15, 0.2) is 11.0 Å². The number of benzene rings is 1. The third kappa shape index (κ3) is 5.91. The molecule has 1 aliphatic carbocycles. The Morgan fingerprint density at radius 2 is 1.92 bits per heavy atom. The molecule has 0 unspecified atom stereocenters. The minimum atomic E-state index is -0.398. The second kappa shape index (κ2) is 12.4. The summed E-state index contributed by atoms with van der Waals surface area (Å²) in [5, 5.41) is 12.9. The number of thioether (sulfide) groups is 1. The largest absolute Gasteiger partial charge is 0.465 e. The van der Waals surface area contributed by atoms with E-state index in [1.807, 2.05) is 16.7 Å². The monoisotopic (exact) mass is 539 g/mol. The highest BCUT2D eigenvalue weighted by molar-refractivity contribution is 7.99. The van der Waals surface area contributed by atoms with Crippen LogP contribution in [0.3, 0.4) is 0 Å². The molecule has 0 radical (unpaired) electrons. The minimum absolute atomic E-state index is 0.138. The first-order valence-electron chi connectivity index (χ1n) is 12.6. The lowest BCUT2D eigenvalue weighted by atomic mass is 9.95. The first kappa shape index (κ1) is 26.9. The molecule has 3 aromatic rings. The molecule has 0 fully saturated rings. The maximum Gasteiger partial charge on any atom is 0.341 e. The van der Waals surface area contributed by atoms with Crippen LogP contribution in [-0.4, -0.2) is 52.6 Å². The fraction of sp³-hybridized carbons (Fsp3) is 0.407. The molecule has 4 rings (SSSR count). The van der Waals surface area contributed by atoms with Crippen LogP contribution in [0.4, 0.5) is 10.7 Å². The molecule has 0 saturated heterocycles. The molecule has 0 saturated carbocycles.